The fraction of sp³-hybridized carbons (Fsp3) is 0.227. The molecule has 0 atom stereocenters. The zero-order chi connectivity index (χ0) is 21.1. The van der Waals surface area contributed by atoms with Crippen LogP contribution in [-0.2, 0) is 16.0 Å². The van der Waals surface area contributed by atoms with Crippen molar-refractivity contribution in [1.29, 1.82) is 0 Å². The fourth-order valence-electron chi connectivity index (χ4n) is 3.18. The Morgan fingerprint density at radius 2 is 2.07 bits per heavy atom. The van der Waals surface area contributed by atoms with E-state index in [0.717, 1.165) is 33.6 Å². The molecule has 2 amide bonds. The van der Waals surface area contributed by atoms with Crippen molar-refractivity contribution >= 4 is 50.5 Å². The molecule has 0 aliphatic carbocycles. The summed E-state index contributed by atoms with van der Waals surface area (Å²) >= 11 is 5.00. The van der Waals surface area contributed by atoms with Crippen molar-refractivity contribution in [2.24, 2.45) is 0 Å². The van der Waals surface area contributed by atoms with Gasteiger partial charge in [-0.2, -0.15) is 0 Å². The largest absolute Gasteiger partial charge is 0.482 e. The predicted octanol–water partition coefficient (Wildman–Crippen LogP) is 4.89. The number of halogens is 1. The first-order valence-electron chi connectivity index (χ1n) is 9.61. The number of aromatic nitrogens is 1. The molecule has 154 valence electrons. The van der Waals surface area contributed by atoms with Crippen LogP contribution in [0, 0.1) is 0 Å². The molecule has 2 aromatic carbocycles. The average Bonchev–Trinajstić information content (AvgIpc) is 3.20. The maximum absolute atomic E-state index is 12.6. The molecule has 6 nitrogen and oxygen atoms in total. The van der Waals surface area contributed by atoms with Gasteiger partial charge in [-0.15, -0.1) is 11.3 Å². The number of benzene rings is 2. The number of thiazole rings is 1. The fourth-order valence-corrected chi connectivity index (χ4v) is 4.36. The molecule has 4 rings (SSSR count). The quantitative estimate of drug-likeness (QED) is 0.539. The molecule has 1 aliphatic heterocycles. The Balaban J connectivity index is 1.56. The second kappa shape index (κ2) is 8.97. The molecule has 0 unspecified atom stereocenters. The van der Waals surface area contributed by atoms with E-state index in [9.17, 15) is 9.59 Å². The average molecular weight is 486 g/mol. The van der Waals surface area contributed by atoms with Gasteiger partial charge in [-0.25, -0.2) is 4.98 Å². The van der Waals surface area contributed by atoms with E-state index in [1.165, 1.54) is 4.90 Å². The van der Waals surface area contributed by atoms with Crippen molar-refractivity contribution < 1.29 is 14.3 Å². The van der Waals surface area contributed by atoms with E-state index in [4.69, 9.17) is 4.74 Å². The summed E-state index contributed by atoms with van der Waals surface area (Å²) in [5.41, 5.74) is 3.01. The zero-order valence-corrected chi connectivity index (χ0v) is 18.8. The molecule has 2 heterocycles. The third-order valence-corrected chi connectivity index (χ3v) is 6.08. The SMILES string of the molecule is CCCc1nc(-c2ccc3c(c2)N(CC(=O)Nc2ccc(Br)cc2)C(=O)CO3)cs1. The van der Waals surface area contributed by atoms with Crippen molar-refractivity contribution in [3.8, 4) is 17.0 Å². The van der Waals surface area contributed by atoms with Crippen LogP contribution in [0.1, 0.15) is 18.4 Å². The van der Waals surface area contributed by atoms with Crippen molar-refractivity contribution in [3.05, 3.63) is 57.3 Å². The molecule has 0 saturated heterocycles. The standard InChI is InChI=1S/C22H20BrN3O3S/c1-2-3-21-25-17(13-30-21)14-4-9-19-18(10-14)26(22(28)12-29-19)11-20(27)24-16-7-5-15(23)6-8-16/h4-10,13H,2-3,11-12H2,1H3,(H,24,27). The number of anilines is 2. The summed E-state index contributed by atoms with van der Waals surface area (Å²) in [6.07, 6.45) is 1.99. The first-order chi connectivity index (χ1) is 14.5. The number of hydrogen-bond acceptors (Lipinski definition) is 5. The lowest BCUT2D eigenvalue weighted by Crippen LogP contribution is -2.43. The van der Waals surface area contributed by atoms with Crippen LogP contribution in [0.3, 0.4) is 0 Å². The highest BCUT2D eigenvalue weighted by Crippen LogP contribution is 2.36. The molecule has 0 fully saturated rings. The van der Waals surface area contributed by atoms with Crippen LogP contribution in [0.5, 0.6) is 5.75 Å². The number of rotatable bonds is 6. The van der Waals surface area contributed by atoms with Gasteiger partial charge < -0.3 is 10.1 Å². The summed E-state index contributed by atoms with van der Waals surface area (Å²) in [6, 6.07) is 12.9. The van der Waals surface area contributed by atoms with Gasteiger partial charge >= 0.3 is 0 Å². The first-order valence-corrected chi connectivity index (χ1v) is 11.3. The van der Waals surface area contributed by atoms with Gasteiger partial charge in [-0.3, -0.25) is 14.5 Å². The van der Waals surface area contributed by atoms with Crippen LogP contribution in [0.25, 0.3) is 11.3 Å². The lowest BCUT2D eigenvalue weighted by Gasteiger charge is -2.29. The minimum absolute atomic E-state index is 0.0880. The van der Waals surface area contributed by atoms with Crippen molar-refractivity contribution in [3.63, 3.8) is 0 Å². The van der Waals surface area contributed by atoms with Crippen LogP contribution in [-0.4, -0.2) is 29.9 Å². The van der Waals surface area contributed by atoms with Gasteiger partial charge in [0.25, 0.3) is 5.91 Å². The molecule has 0 spiro atoms. The van der Waals surface area contributed by atoms with E-state index in [1.54, 1.807) is 23.5 Å². The van der Waals surface area contributed by atoms with Crippen LogP contribution >= 0.6 is 27.3 Å². The zero-order valence-electron chi connectivity index (χ0n) is 16.4. The van der Waals surface area contributed by atoms with Crippen LogP contribution < -0.4 is 15.0 Å². The number of aryl methyl sites for hydroxylation is 1. The molecule has 1 aliphatic rings. The first kappa shape index (κ1) is 20.6. The molecule has 0 saturated carbocycles. The van der Waals surface area contributed by atoms with Gasteiger partial charge in [0.05, 0.1) is 16.4 Å². The Hall–Kier alpha value is -2.71. The summed E-state index contributed by atoms with van der Waals surface area (Å²) in [7, 11) is 0. The third-order valence-electron chi connectivity index (χ3n) is 4.64. The van der Waals surface area contributed by atoms with Crippen LogP contribution in [0.15, 0.2) is 52.3 Å². The molecule has 0 radical (unpaired) electrons. The van der Waals surface area contributed by atoms with Crippen molar-refractivity contribution in [1.82, 2.24) is 4.98 Å². The van der Waals surface area contributed by atoms with E-state index >= 15 is 0 Å². The van der Waals surface area contributed by atoms with Crippen molar-refractivity contribution in [2.75, 3.05) is 23.4 Å². The second-order valence-corrected chi connectivity index (χ2v) is 8.74. The minimum atomic E-state index is -0.275. The molecule has 3 aromatic rings. The molecule has 8 heteroatoms. The van der Waals surface area contributed by atoms with Crippen molar-refractivity contribution in [2.45, 2.75) is 19.8 Å². The summed E-state index contributed by atoms with van der Waals surface area (Å²) in [6.45, 7) is 1.95. The highest BCUT2D eigenvalue weighted by molar-refractivity contribution is 9.10. The number of amides is 2. The number of nitrogens with zero attached hydrogens (tertiary/aromatic N) is 2. The monoisotopic (exact) mass is 485 g/mol. The highest BCUT2D eigenvalue weighted by Gasteiger charge is 2.28. The Labute approximate surface area is 187 Å². The Bertz CT molecular complexity index is 1080. The van der Waals surface area contributed by atoms with E-state index in [1.807, 2.05) is 35.7 Å². The van der Waals surface area contributed by atoms with E-state index in [2.05, 4.69) is 33.2 Å². The van der Waals surface area contributed by atoms with Gasteiger partial charge in [0.2, 0.25) is 5.91 Å². The highest BCUT2D eigenvalue weighted by atomic mass is 79.9. The summed E-state index contributed by atoms with van der Waals surface area (Å²) in [4.78, 5) is 31.3. The molecule has 0 bridgehead atoms. The normalized spacial score (nSPS) is 13.0. The summed E-state index contributed by atoms with van der Waals surface area (Å²) in [5.74, 6) is 0.0529. The number of hydrogen-bond donors (Lipinski definition) is 1. The molecular weight excluding hydrogens is 466 g/mol. The van der Waals surface area contributed by atoms with Gasteiger partial charge in [0, 0.05) is 21.1 Å². The second-order valence-electron chi connectivity index (χ2n) is 6.88. The van der Waals surface area contributed by atoms with E-state index in [0.29, 0.717) is 17.1 Å². The van der Waals surface area contributed by atoms with E-state index < -0.39 is 0 Å². The lowest BCUT2D eigenvalue weighted by atomic mass is 10.1. The minimum Gasteiger partial charge on any atom is -0.482 e. The van der Waals surface area contributed by atoms with Gasteiger partial charge in [0.1, 0.15) is 12.3 Å². The van der Waals surface area contributed by atoms with Crippen LogP contribution in [0.2, 0.25) is 0 Å². The number of nitrogens with one attached hydrogen (secondary N) is 1. The smallest absolute Gasteiger partial charge is 0.265 e. The number of ether oxygens (including phenoxy) is 1. The summed E-state index contributed by atoms with van der Waals surface area (Å²) in [5, 5.41) is 5.93. The molecule has 1 N–H and O–H groups in total. The number of carbonyl (C=O) groups excluding carboxylic acids is 2. The molecule has 30 heavy (non-hydrogen) atoms. The van der Waals surface area contributed by atoms with E-state index in [-0.39, 0.29) is 25.0 Å². The summed E-state index contributed by atoms with van der Waals surface area (Å²) < 4.78 is 6.49. The number of carbonyl (C=O) groups is 2. The van der Waals surface area contributed by atoms with Gasteiger partial charge in [-0.05, 0) is 55.3 Å². The molecule has 1 aromatic heterocycles. The Kier molecular flexibility index (Phi) is 6.15. The predicted molar refractivity (Wildman–Crippen MR) is 122 cm³/mol. The van der Waals surface area contributed by atoms with Crippen LogP contribution in [0.4, 0.5) is 11.4 Å². The third kappa shape index (κ3) is 4.55. The molecular formula is C22H20BrN3O3S. The maximum atomic E-state index is 12.6. The number of fused-ring (bicyclic) bond motifs is 1. The van der Waals surface area contributed by atoms with Gasteiger partial charge in [0.15, 0.2) is 6.61 Å². The topological polar surface area (TPSA) is 71.5 Å². The Morgan fingerprint density at radius 3 is 2.83 bits per heavy atom. The lowest BCUT2D eigenvalue weighted by molar-refractivity contribution is -0.123. The maximum Gasteiger partial charge on any atom is 0.265 e. The van der Waals surface area contributed by atoms with Gasteiger partial charge in [-0.1, -0.05) is 22.9 Å². The Morgan fingerprint density at radius 1 is 1.27 bits per heavy atom.